The topological polar surface area (TPSA) is 92.0 Å². The molecular formula is C11H12BrF2N7. The Labute approximate surface area is 127 Å². The summed E-state index contributed by atoms with van der Waals surface area (Å²) in [6.45, 7) is 0. The molecule has 0 radical (unpaired) electrons. The van der Waals surface area contributed by atoms with E-state index in [2.05, 4.69) is 41.6 Å². The van der Waals surface area contributed by atoms with Crippen LogP contribution in [0.2, 0.25) is 0 Å². The van der Waals surface area contributed by atoms with Gasteiger partial charge in [0.2, 0.25) is 17.8 Å². The van der Waals surface area contributed by atoms with E-state index in [0.717, 1.165) is 12.1 Å². The largest absolute Gasteiger partial charge is 0.347 e. The Morgan fingerprint density at radius 1 is 1.10 bits per heavy atom. The van der Waals surface area contributed by atoms with Gasteiger partial charge < -0.3 is 10.2 Å². The highest BCUT2D eigenvalue weighted by atomic mass is 79.9. The van der Waals surface area contributed by atoms with Crippen molar-refractivity contribution >= 4 is 39.5 Å². The fourth-order valence-electron chi connectivity index (χ4n) is 1.46. The summed E-state index contributed by atoms with van der Waals surface area (Å²) in [7, 11) is 3.42. The molecule has 0 atom stereocenters. The molecule has 4 N–H and O–H groups in total. The first-order valence-corrected chi connectivity index (χ1v) is 6.51. The number of anilines is 4. The third kappa shape index (κ3) is 3.52. The van der Waals surface area contributed by atoms with Crippen LogP contribution in [0.15, 0.2) is 16.6 Å². The number of halogens is 3. The first kappa shape index (κ1) is 15.3. The minimum absolute atomic E-state index is 0.0400. The normalized spacial score (nSPS) is 10.4. The van der Waals surface area contributed by atoms with Crippen LogP contribution >= 0.6 is 15.9 Å². The molecule has 0 aliphatic rings. The van der Waals surface area contributed by atoms with Crippen LogP contribution in [0.25, 0.3) is 0 Å². The molecule has 0 spiro atoms. The maximum Gasteiger partial charge on any atom is 0.243 e. The van der Waals surface area contributed by atoms with Gasteiger partial charge in [0.15, 0.2) is 11.6 Å². The number of benzene rings is 1. The summed E-state index contributed by atoms with van der Waals surface area (Å²) >= 11 is 3.00. The van der Waals surface area contributed by atoms with Crippen molar-refractivity contribution in [1.82, 2.24) is 15.0 Å². The molecule has 0 unspecified atom stereocenters. The van der Waals surface area contributed by atoms with Crippen molar-refractivity contribution in [1.29, 1.82) is 0 Å². The van der Waals surface area contributed by atoms with Gasteiger partial charge in [0.25, 0.3) is 0 Å². The molecule has 21 heavy (non-hydrogen) atoms. The van der Waals surface area contributed by atoms with Gasteiger partial charge in [-0.15, -0.1) is 0 Å². The number of hydrogen-bond donors (Lipinski definition) is 3. The molecule has 2 aromatic rings. The van der Waals surface area contributed by atoms with Gasteiger partial charge in [-0.05, 0) is 12.1 Å². The van der Waals surface area contributed by atoms with E-state index in [1.165, 1.54) is 0 Å². The SMILES string of the molecule is CN(C)c1nc(NN)nc(Nc2c(F)cc(Br)cc2F)n1. The molecule has 0 amide bonds. The zero-order chi connectivity index (χ0) is 15.6. The molecule has 2 rings (SSSR count). The first-order valence-electron chi connectivity index (χ1n) is 5.72. The lowest BCUT2D eigenvalue weighted by Crippen LogP contribution is -2.18. The Hall–Kier alpha value is -2.07. The van der Waals surface area contributed by atoms with Gasteiger partial charge in [0.05, 0.1) is 0 Å². The summed E-state index contributed by atoms with van der Waals surface area (Å²) < 4.78 is 27.9. The molecule has 1 aromatic heterocycles. The number of nitrogens with one attached hydrogen (secondary N) is 2. The average Bonchev–Trinajstić information content (AvgIpc) is 2.42. The van der Waals surface area contributed by atoms with Gasteiger partial charge in [-0.3, -0.25) is 5.43 Å². The Bertz CT molecular complexity index is 642. The molecule has 0 bridgehead atoms. The van der Waals surface area contributed by atoms with Crippen molar-refractivity contribution in [3.63, 3.8) is 0 Å². The van der Waals surface area contributed by atoms with Crippen LogP contribution in [-0.2, 0) is 0 Å². The molecular weight excluding hydrogens is 348 g/mol. The van der Waals surface area contributed by atoms with Gasteiger partial charge in [-0.2, -0.15) is 15.0 Å². The van der Waals surface area contributed by atoms with Crippen LogP contribution in [0, 0.1) is 11.6 Å². The van der Waals surface area contributed by atoms with E-state index in [1.807, 2.05) is 0 Å². The quantitative estimate of drug-likeness (QED) is 0.567. The minimum Gasteiger partial charge on any atom is -0.347 e. The predicted molar refractivity (Wildman–Crippen MR) is 79.3 cm³/mol. The summed E-state index contributed by atoms with van der Waals surface area (Å²) in [6, 6.07) is 2.25. The molecule has 0 aliphatic heterocycles. The van der Waals surface area contributed by atoms with Gasteiger partial charge in [-0.25, -0.2) is 14.6 Å². The van der Waals surface area contributed by atoms with E-state index in [4.69, 9.17) is 5.84 Å². The lowest BCUT2D eigenvalue weighted by atomic mass is 10.3. The Balaban J connectivity index is 2.42. The van der Waals surface area contributed by atoms with Gasteiger partial charge in [-0.1, -0.05) is 15.9 Å². The molecule has 7 nitrogen and oxygen atoms in total. The Morgan fingerprint density at radius 3 is 2.19 bits per heavy atom. The second kappa shape index (κ2) is 6.14. The fourth-order valence-corrected chi connectivity index (χ4v) is 1.86. The minimum atomic E-state index is -0.782. The van der Waals surface area contributed by atoms with Crippen molar-refractivity contribution in [3.05, 3.63) is 28.2 Å². The first-order chi connectivity index (χ1) is 9.90. The monoisotopic (exact) mass is 359 g/mol. The van der Waals surface area contributed by atoms with E-state index in [0.29, 0.717) is 0 Å². The molecule has 0 fully saturated rings. The van der Waals surface area contributed by atoms with Crippen molar-refractivity contribution in [2.24, 2.45) is 5.84 Å². The summed E-state index contributed by atoms with van der Waals surface area (Å²) in [5, 5.41) is 2.48. The summed E-state index contributed by atoms with van der Waals surface area (Å²) in [5.74, 6) is 3.99. The molecule has 0 aliphatic carbocycles. The van der Waals surface area contributed by atoms with Crippen molar-refractivity contribution < 1.29 is 8.78 Å². The molecule has 0 saturated heterocycles. The van der Waals surface area contributed by atoms with Gasteiger partial charge >= 0.3 is 0 Å². The third-order valence-electron chi connectivity index (χ3n) is 2.40. The Kier molecular flexibility index (Phi) is 4.48. The van der Waals surface area contributed by atoms with E-state index in [-0.39, 0.29) is 28.0 Å². The highest BCUT2D eigenvalue weighted by molar-refractivity contribution is 9.10. The zero-order valence-electron chi connectivity index (χ0n) is 11.2. The summed E-state index contributed by atoms with van der Waals surface area (Å²) in [5.41, 5.74) is 1.90. The highest BCUT2D eigenvalue weighted by Crippen LogP contribution is 2.26. The van der Waals surface area contributed by atoms with E-state index < -0.39 is 11.6 Å². The number of hydrogen-bond acceptors (Lipinski definition) is 7. The lowest BCUT2D eigenvalue weighted by Gasteiger charge is -2.13. The highest BCUT2D eigenvalue weighted by Gasteiger charge is 2.14. The lowest BCUT2D eigenvalue weighted by molar-refractivity contribution is 0.589. The Morgan fingerprint density at radius 2 is 1.67 bits per heavy atom. The maximum atomic E-state index is 13.8. The number of hydrazine groups is 1. The van der Waals surface area contributed by atoms with Crippen molar-refractivity contribution in [2.75, 3.05) is 29.7 Å². The van der Waals surface area contributed by atoms with Crippen LogP contribution in [0.4, 0.5) is 32.3 Å². The number of aromatic nitrogens is 3. The van der Waals surface area contributed by atoms with Crippen LogP contribution in [0.3, 0.4) is 0 Å². The summed E-state index contributed by atoms with van der Waals surface area (Å²) in [6.07, 6.45) is 0. The van der Waals surface area contributed by atoms with E-state index in [9.17, 15) is 8.78 Å². The molecule has 1 heterocycles. The second-order valence-electron chi connectivity index (χ2n) is 4.19. The van der Waals surface area contributed by atoms with E-state index in [1.54, 1.807) is 19.0 Å². The molecule has 1 aromatic carbocycles. The number of nitrogens with two attached hydrogens (primary N) is 1. The number of nitrogen functional groups attached to an aromatic ring is 1. The fraction of sp³-hybridized carbons (Fsp3) is 0.182. The maximum absolute atomic E-state index is 13.8. The van der Waals surface area contributed by atoms with Crippen LogP contribution in [0.1, 0.15) is 0 Å². The molecule has 0 saturated carbocycles. The van der Waals surface area contributed by atoms with Crippen molar-refractivity contribution in [3.8, 4) is 0 Å². The zero-order valence-corrected chi connectivity index (χ0v) is 12.7. The van der Waals surface area contributed by atoms with Crippen LogP contribution in [0.5, 0.6) is 0 Å². The van der Waals surface area contributed by atoms with Crippen molar-refractivity contribution in [2.45, 2.75) is 0 Å². The second-order valence-corrected chi connectivity index (χ2v) is 5.11. The van der Waals surface area contributed by atoms with E-state index >= 15 is 0 Å². The predicted octanol–water partition coefficient (Wildman–Crippen LogP) is 2.01. The third-order valence-corrected chi connectivity index (χ3v) is 2.85. The van der Waals surface area contributed by atoms with Gasteiger partial charge in [0.1, 0.15) is 5.69 Å². The van der Waals surface area contributed by atoms with Crippen LogP contribution in [-0.4, -0.2) is 29.0 Å². The molecule has 10 heteroatoms. The number of nitrogens with zero attached hydrogens (tertiary/aromatic N) is 4. The summed E-state index contributed by atoms with van der Waals surface area (Å²) in [4.78, 5) is 13.5. The molecule has 112 valence electrons. The van der Waals surface area contributed by atoms with Gasteiger partial charge in [0, 0.05) is 18.6 Å². The van der Waals surface area contributed by atoms with Crippen LogP contribution < -0.4 is 21.5 Å². The number of rotatable bonds is 4. The average molecular weight is 360 g/mol. The standard InChI is InChI=1S/C11H12BrF2N7/c1-21(2)11-18-9(17-10(19-11)20-15)16-8-6(13)3-5(12)4-7(8)14/h3-4H,15H2,1-2H3,(H2,16,17,18,19,20). The smallest absolute Gasteiger partial charge is 0.243 e.